The number of pyridine rings is 1. The van der Waals surface area contributed by atoms with Gasteiger partial charge in [-0.3, -0.25) is 4.79 Å². The summed E-state index contributed by atoms with van der Waals surface area (Å²) in [6.07, 6.45) is 6.31. The highest BCUT2D eigenvalue weighted by Crippen LogP contribution is 2.37. The summed E-state index contributed by atoms with van der Waals surface area (Å²) in [4.78, 5) is 19.6. The van der Waals surface area contributed by atoms with Crippen molar-refractivity contribution >= 4 is 33.1 Å². The number of fused-ring (bicyclic) bond motifs is 2. The summed E-state index contributed by atoms with van der Waals surface area (Å²) in [6.45, 7) is 2.13. The van der Waals surface area contributed by atoms with Gasteiger partial charge in [0.2, 0.25) is 0 Å². The van der Waals surface area contributed by atoms with E-state index in [1.807, 2.05) is 30.3 Å². The molecular weight excluding hydrogens is 426 g/mol. The Hall–Kier alpha value is -3.49. The summed E-state index contributed by atoms with van der Waals surface area (Å²) in [5, 5.41) is 14.4. The maximum atomic E-state index is 13.5. The molecule has 5 heteroatoms. The summed E-state index contributed by atoms with van der Waals surface area (Å²) in [7, 11) is 0. The van der Waals surface area contributed by atoms with E-state index in [1.54, 1.807) is 11.3 Å². The third-order valence-electron chi connectivity index (χ3n) is 6.38. The van der Waals surface area contributed by atoms with Crippen LogP contribution < -0.4 is 5.32 Å². The van der Waals surface area contributed by atoms with Crippen LogP contribution in [0.3, 0.4) is 0 Å². The number of para-hydroxylation sites is 1. The molecule has 0 atom stereocenters. The third-order valence-corrected chi connectivity index (χ3v) is 7.59. The lowest BCUT2D eigenvalue weighted by molar-refractivity contribution is 0.102. The fourth-order valence-corrected chi connectivity index (χ4v) is 5.78. The number of thiophene rings is 1. The highest BCUT2D eigenvalue weighted by atomic mass is 32.1. The number of aromatic nitrogens is 1. The van der Waals surface area contributed by atoms with Gasteiger partial charge in [0.25, 0.3) is 5.91 Å². The maximum absolute atomic E-state index is 13.5. The minimum atomic E-state index is -0.201. The van der Waals surface area contributed by atoms with Crippen molar-refractivity contribution in [2.45, 2.75) is 45.4 Å². The molecule has 2 heterocycles. The molecule has 4 aromatic rings. The van der Waals surface area contributed by atoms with E-state index in [9.17, 15) is 10.1 Å². The van der Waals surface area contributed by atoms with Crippen molar-refractivity contribution in [3.63, 3.8) is 0 Å². The minimum Gasteiger partial charge on any atom is -0.312 e. The van der Waals surface area contributed by atoms with Crippen LogP contribution in [0.15, 0.2) is 54.6 Å². The smallest absolute Gasteiger partial charge is 0.257 e. The molecule has 0 saturated heterocycles. The highest BCUT2D eigenvalue weighted by molar-refractivity contribution is 7.16. The van der Waals surface area contributed by atoms with Gasteiger partial charge >= 0.3 is 0 Å². The van der Waals surface area contributed by atoms with E-state index in [0.29, 0.717) is 16.1 Å². The molecule has 2 aromatic carbocycles. The Bertz CT molecular complexity index is 1380. The summed E-state index contributed by atoms with van der Waals surface area (Å²) in [6, 6.07) is 20.3. The molecule has 0 unspecified atom stereocenters. The number of carbonyl (C=O) groups is 1. The van der Waals surface area contributed by atoms with Gasteiger partial charge in [0.1, 0.15) is 11.1 Å². The largest absolute Gasteiger partial charge is 0.312 e. The standard InChI is InChI=1S/C28H25N3OS/c1-2-18-12-14-19(15-13-18)25-16-22(20-8-6-7-10-24(20)30-25)27(32)31-28-23(17-29)21-9-4-3-5-11-26(21)33-28/h6-8,10,12-16H,2-5,9,11H2,1H3,(H,31,32). The normalized spacial score (nSPS) is 13.2. The van der Waals surface area contributed by atoms with Gasteiger partial charge in [0, 0.05) is 15.8 Å². The number of hydrogen-bond donors (Lipinski definition) is 1. The van der Waals surface area contributed by atoms with Gasteiger partial charge in [-0.2, -0.15) is 5.26 Å². The number of aryl methyl sites for hydroxylation is 2. The molecule has 1 aliphatic carbocycles. The number of amides is 1. The molecule has 1 aliphatic rings. The Morgan fingerprint density at radius 3 is 2.67 bits per heavy atom. The highest BCUT2D eigenvalue weighted by Gasteiger charge is 2.22. The second kappa shape index (κ2) is 9.17. The van der Waals surface area contributed by atoms with Crippen molar-refractivity contribution < 1.29 is 4.79 Å². The zero-order chi connectivity index (χ0) is 22.8. The summed E-state index contributed by atoms with van der Waals surface area (Å²) in [5.41, 5.74) is 6.13. The topological polar surface area (TPSA) is 65.8 Å². The van der Waals surface area contributed by atoms with Crippen LogP contribution in [-0.4, -0.2) is 10.9 Å². The quantitative estimate of drug-likeness (QED) is 0.343. The number of rotatable bonds is 4. The fourth-order valence-electron chi connectivity index (χ4n) is 4.54. The van der Waals surface area contributed by atoms with Gasteiger partial charge in [-0.25, -0.2) is 4.98 Å². The van der Waals surface area contributed by atoms with Gasteiger partial charge in [-0.1, -0.05) is 55.8 Å². The van der Waals surface area contributed by atoms with E-state index in [-0.39, 0.29) is 5.91 Å². The van der Waals surface area contributed by atoms with Gasteiger partial charge in [0.05, 0.1) is 22.3 Å². The average molecular weight is 452 g/mol. The van der Waals surface area contributed by atoms with E-state index in [0.717, 1.165) is 59.8 Å². The van der Waals surface area contributed by atoms with Crippen molar-refractivity contribution in [1.82, 2.24) is 4.98 Å². The first kappa shape index (κ1) is 21.4. The van der Waals surface area contributed by atoms with Crippen molar-refractivity contribution in [3.05, 3.63) is 81.7 Å². The molecule has 1 N–H and O–H groups in total. The van der Waals surface area contributed by atoms with E-state index >= 15 is 0 Å². The Labute approximate surface area is 197 Å². The zero-order valence-corrected chi connectivity index (χ0v) is 19.5. The minimum absolute atomic E-state index is 0.201. The van der Waals surface area contributed by atoms with E-state index in [1.165, 1.54) is 16.9 Å². The van der Waals surface area contributed by atoms with Crippen LogP contribution in [-0.2, 0) is 19.3 Å². The molecule has 5 rings (SSSR count). The molecule has 0 saturated carbocycles. The number of nitrogens with one attached hydrogen (secondary N) is 1. The van der Waals surface area contributed by atoms with Crippen LogP contribution >= 0.6 is 11.3 Å². The molecule has 33 heavy (non-hydrogen) atoms. The molecule has 164 valence electrons. The number of benzene rings is 2. The molecule has 4 nitrogen and oxygen atoms in total. The average Bonchev–Trinajstić information content (AvgIpc) is 3.01. The Morgan fingerprint density at radius 2 is 1.88 bits per heavy atom. The van der Waals surface area contributed by atoms with Crippen LogP contribution in [0.25, 0.3) is 22.2 Å². The Morgan fingerprint density at radius 1 is 1.09 bits per heavy atom. The molecule has 1 amide bonds. The van der Waals surface area contributed by atoms with Crippen LogP contribution in [0.5, 0.6) is 0 Å². The molecular formula is C28H25N3OS. The molecule has 0 fully saturated rings. The summed E-state index contributed by atoms with van der Waals surface area (Å²) in [5.74, 6) is -0.201. The van der Waals surface area contributed by atoms with Gasteiger partial charge < -0.3 is 5.32 Å². The van der Waals surface area contributed by atoms with Crippen LogP contribution in [0.1, 0.15) is 58.1 Å². The van der Waals surface area contributed by atoms with Gasteiger partial charge in [0.15, 0.2) is 0 Å². The molecule has 0 bridgehead atoms. The SMILES string of the molecule is CCc1ccc(-c2cc(C(=O)Nc3sc4c(c3C#N)CCCCC4)c3ccccc3n2)cc1. The third kappa shape index (κ3) is 4.15. The lowest BCUT2D eigenvalue weighted by Crippen LogP contribution is -2.13. The Kier molecular flexibility index (Phi) is 5.93. The van der Waals surface area contributed by atoms with Gasteiger partial charge in [-0.05, 0) is 55.4 Å². The summed E-state index contributed by atoms with van der Waals surface area (Å²) < 4.78 is 0. The number of carbonyl (C=O) groups excluding carboxylic acids is 1. The Balaban J connectivity index is 1.55. The van der Waals surface area contributed by atoms with Crippen LogP contribution in [0.4, 0.5) is 5.00 Å². The van der Waals surface area contributed by atoms with Crippen molar-refractivity contribution in [3.8, 4) is 17.3 Å². The van der Waals surface area contributed by atoms with E-state index < -0.39 is 0 Å². The number of nitriles is 1. The first-order valence-corrected chi connectivity index (χ1v) is 12.3. The first-order valence-electron chi connectivity index (χ1n) is 11.5. The molecule has 0 spiro atoms. The van der Waals surface area contributed by atoms with E-state index in [2.05, 4.69) is 42.6 Å². The van der Waals surface area contributed by atoms with Crippen LogP contribution in [0.2, 0.25) is 0 Å². The van der Waals surface area contributed by atoms with Crippen LogP contribution in [0, 0.1) is 11.3 Å². The number of nitrogens with zero attached hydrogens (tertiary/aromatic N) is 2. The second-order valence-corrected chi connectivity index (χ2v) is 9.56. The number of hydrogen-bond acceptors (Lipinski definition) is 4. The zero-order valence-electron chi connectivity index (χ0n) is 18.6. The lowest BCUT2D eigenvalue weighted by atomic mass is 10.0. The van der Waals surface area contributed by atoms with Crippen molar-refractivity contribution in [2.75, 3.05) is 5.32 Å². The predicted octanol–water partition coefficient (Wildman–Crippen LogP) is 6.92. The number of anilines is 1. The summed E-state index contributed by atoms with van der Waals surface area (Å²) >= 11 is 1.56. The second-order valence-electron chi connectivity index (χ2n) is 8.46. The van der Waals surface area contributed by atoms with Gasteiger partial charge in [-0.15, -0.1) is 11.3 Å². The lowest BCUT2D eigenvalue weighted by Gasteiger charge is -2.11. The maximum Gasteiger partial charge on any atom is 0.257 e. The van der Waals surface area contributed by atoms with Crippen molar-refractivity contribution in [1.29, 1.82) is 5.26 Å². The molecule has 2 aromatic heterocycles. The monoisotopic (exact) mass is 451 g/mol. The fraction of sp³-hybridized carbons (Fsp3) is 0.250. The van der Waals surface area contributed by atoms with Crippen molar-refractivity contribution in [2.24, 2.45) is 0 Å². The molecule has 0 aliphatic heterocycles. The molecule has 0 radical (unpaired) electrons. The first-order chi connectivity index (χ1) is 16.2. The van der Waals surface area contributed by atoms with E-state index in [4.69, 9.17) is 4.98 Å². The predicted molar refractivity (Wildman–Crippen MR) is 135 cm³/mol.